The molecule has 1 aliphatic heterocycles. The van der Waals surface area contributed by atoms with Crippen molar-refractivity contribution in [1.82, 2.24) is 0 Å². The first-order chi connectivity index (χ1) is 11.7. The summed E-state index contributed by atoms with van der Waals surface area (Å²) in [4.78, 5) is 0.223. The van der Waals surface area contributed by atoms with Crippen molar-refractivity contribution in [3.05, 3.63) is 59.7 Å². The predicted molar refractivity (Wildman–Crippen MR) is 99.1 cm³/mol. The minimum absolute atomic E-state index is 0.0172. The smallest absolute Gasteiger partial charge is 0.262 e. The molecule has 0 aromatic heterocycles. The summed E-state index contributed by atoms with van der Waals surface area (Å²) in [5.74, 6) is -0.130. The van der Waals surface area contributed by atoms with Gasteiger partial charge in [-0.15, -0.1) is 0 Å². The van der Waals surface area contributed by atoms with Crippen LogP contribution in [0.15, 0.2) is 53.4 Å². The summed E-state index contributed by atoms with van der Waals surface area (Å²) >= 11 is 0. The van der Waals surface area contributed by atoms with Gasteiger partial charge in [0.15, 0.2) is 9.84 Å². The van der Waals surface area contributed by atoms with Crippen LogP contribution in [0.2, 0.25) is 0 Å². The quantitative estimate of drug-likeness (QED) is 0.819. The fourth-order valence-corrected chi connectivity index (χ4v) is 6.96. The summed E-state index contributed by atoms with van der Waals surface area (Å²) in [7, 11) is -7.09. The number of sulfone groups is 1. The molecule has 25 heavy (non-hydrogen) atoms. The van der Waals surface area contributed by atoms with Crippen LogP contribution in [-0.4, -0.2) is 34.4 Å². The second-order valence-electron chi connectivity index (χ2n) is 6.46. The Morgan fingerprint density at radius 2 is 1.72 bits per heavy atom. The molecule has 2 aromatic rings. The van der Waals surface area contributed by atoms with Crippen molar-refractivity contribution in [3.63, 3.8) is 0 Å². The predicted octanol–water partition coefficient (Wildman–Crippen LogP) is 2.69. The zero-order chi connectivity index (χ0) is 18.2. The Morgan fingerprint density at radius 3 is 2.32 bits per heavy atom. The first-order valence-electron chi connectivity index (χ1n) is 8.08. The minimum Gasteiger partial charge on any atom is -0.262 e. The lowest BCUT2D eigenvalue weighted by molar-refractivity contribution is 0.579. The lowest BCUT2D eigenvalue weighted by atomic mass is 10.2. The highest BCUT2D eigenvalue weighted by Gasteiger charge is 2.39. The van der Waals surface area contributed by atoms with Crippen LogP contribution in [0.1, 0.15) is 17.5 Å². The summed E-state index contributed by atoms with van der Waals surface area (Å²) in [5, 5.41) is 0. The highest BCUT2D eigenvalue weighted by Crippen LogP contribution is 2.32. The minimum atomic E-state index is -3.87. The number of hydrogen-bond acceptors (Lipinski definition) is 4. The number of anilines is 1. The van der Waals surface area contributed by atoms with Crippen molar-refractivity contribution in [2.45, 2.75) is 31.2 Å². The Labute approximate surface area is 149 Å². The van der Waals surface area contributed by atoms with E-state index in [1.807, 2.05) is 13.0 Å². The van der Waals surface area contributed by atoms with Crippen LogP contribution >= 0.6 is 0 Å². The topological polar surface area (TPSA) is 71.5 Å². The Morgan fingerprint density at radius 1 is 1.04 bits per heavy atom. The van der Waals surface area contributed by atoms with Gasteiger partial charge in [-0.1, -0.05) is 30.3 Å². The third kappa shape index (κ3) is 3.57. The molecule has 0 saturated carbocycles. The summed E-state index contributed by atoms with van der Waals surface area (Å²) in [6.07, 6.45) is 0.307. The molecule has 1 saturated heterocycles. The molecule has 3 rings (SSSR count). The average Bonchev–Trinajstić information content (AvgIpc) is 2.90. The largest absolute Gasteiger partial charge is 0.264 e. The van der Waals surface area contributed by atoms with Crippen LogP contribution in [0.4, 0.5) is 5.69 Å². The maximum absolute atomic E-state index is 13.4. The van der Waals surface area contributed by atoms with E-state index in [2.05, 4.69) is 0 Å². The van der Waals surface area contributed by atoms with Gasteiger partial charge in [0.25, 0.3) is 10.0 Å². The molecule has 0 unspecified atom stereocenters. The number of benzene rings is 2. The molecule has 0 spiro atoms. The third-order valence-corrected chi connectivity index (χ3v) is 8.20. The van der Waals surface area contributed by atoms with Crippen molar-refractivity contribution in [2.24, 2.45) is 0 Å². The van der Waals surface area contributed by atoms with Gasteiger partial charge in [-0.05, 0) is 49.6 Å². The molecule has 134 valence electrons. The normalized spacial score (nSPS) is 19.7. The van der Waals surface area contributed by atoms with Crippen molar-refractivity contribution >= 4 is 25.5 Å². The SMILES string of the molecule is Cc1ccc(C)c(S(=O)(=O)N(c2ccccc2)[C@@H]2CCS(=O)(=O)C2)c1. The van der Waals surface area contributed by atoms with Gasteiger partial charge in [-0.2, -0.15) is 0 Å². The number of sulfonamides is 1. The maximum Gasteiger partial charge on any atom is 0.264 e. The van der Waals surface area contributed by atoms with Gasteiger partial charge in [0, 0.05) is 0 Å². The molecule has 1 atom stereocenters. The summed E-state index contributed by atoms with van der Waals surface area (Å²) in [5.41, 5.74) is 1.98. The van der Waals surface area contributed by atoms with E-state index in [-0.39, 0.29) is 16.4 Å². The van der Waals surface area contributed by atoms with E-state index in [0.29, 0.717) is 17.7 Å². The van der Waals surface area contributed by atoms with Crippen LogP contribution in [0.5, 0.6) is 0 Å². The van der Waals surface area contributed by atoms with E-state index in [4.69, 9.17) is 0 Å². The highest BCUT2D eigenvalue weighted by atomic mass is 32.2. The summed E-state index contributed by atoms with van der Waals surface area (Å²) < 4.78 is 52.0. The molecular weight excluding hydrogens is 358 g/mol. The number of rotatable bonds is 4. The molecule has 0 bridgehead atoms. The Bertz CT molecular complexity index is 983. The Kier molecular flexibility index (Phi) is 4.64. The van der Waals surface area contributed by atoms with Gasteiger partial charge < -0.3 is 0 Å². The molecule has 0 amide bonds. The van der Waals surface area contributed by atoms with E-state index in [1.54, 1.807) is 49.4 Å². The van der Waals surface area contributed by atoms with Crippen LogP contribution in [0, 0.1) is 13.8 Å². The first-order valence-corrected chi connectivity index (χ1v) is 11.3. The standard InChI is InChI=1S/C18H21NO4S2/c1-14-8-9-15(2)18(12-14)25(22,23)19(16-6-4-3-5-7-16)17-10-11-24(20,21)13-17/h3-9,12,17H,10-11,13H2,1-2H3/t17-/m1/s1. The van der Waals surface area contributed by atoms with Gasteiger partial charge in [-0.25, -0.2) is 16.8 Å². The Balaban J connectivity index is 2.16. The molecule has 0 N–H and O–H groups in total. The molecule has 1 aliphatic rings. The molecule has 7 heteroatoms. The fraction of sp³-hybridized carbons (Fsp3) is 0.333. The summed E-state index contributed by atoms with van der Waals surface area (Å²) in [6, 6.07) is 13.4. The number of aryl methyl sites for hydroxylation is 2. The van der Waals surface area contributed by atoms with Crippen molar-refractivity contribution in [2.75, 3.05) is 15.8 Å². The van der Waals surface area contributed by atoms with Crippen LogP contribution in [0.3, 0.4) is 0 Å². The fourth-order valence-electron chi connectivity index (χ4n) is 3.17. The number of hydrogen-bond donors (Lipinski definition) is 0. The lowest BCUT2D eigenvalue weighted by Crippen LogP contribution is -2.41. The van der Waals surface area contributed by atoms with Crippen molar-refractivity contribution < 1.29 is 16.8 Å². The van der Waals surface area contributed by atoms with E-state index >= 15 is 0 Å². The number of nitrogens with zero attached hydrogens (tertiary/aromatic N) is 1. The maximum atomic E-state index is 13.4. The molecule has 1 fully saturated rings. The van der Waals surface area contributed by atoms with E-state index < -0.39 is 25.9 Å². The third-order valence-electron chi connectivity index (χ3n) is 4.43. The van der Waals surface area contributed by atoms with E-state index in [9.17, 15) is 16.8 Å². The van der Waals surface area contributed by atoms with Gasteiger partial charge in [-0.3, -0.25) is 4.31 Å². The lowest BCUT2D eigenvalue weighted by Gasteiger charge is -2.30. The van der Waals surface area contributed by atoms with Crippen LogP contribution in [0.25, 0.3) is 0 Å². The summed E-state index contributed by atoms with van der Waals surface area (Å²) in [6.45, 7) is 3.59. The van der Waals surface area contributed by atoms with Crippen molar-refractivity contribution in [1.29, 1.82) is 0 Å². The van der Waals surface area contributed by atoms with Crippen LogP contribution < -0.4 is 4.31 Å². The van der Waals surface area contributed by atoms with E-state index in [0.717, 1.165) is 5.56 Å². The monoisotopic (exact) mass is 379 g/mol. The van der Waals surface area contributed by atoms with Gasteiger partial charge in [0.2, 0.25) is 0 Å². The van der Waals surface area contributed by atoms with Crippen molar-refractivity contribution in [3.8, 4) is 0 Å². The van der Waals surface area contributed by atoms with Gasteiger partial charge in [0.05, 0.1) is 28.1 Å². The number of para-hydroxylation sites is 1. The zero-order valence-corrected chi connectivity index (χ0v) is 15.8. The molecule has 5 nitrogen and oxygen atoms in total. The van der Waals surface area contributed by atoms with Gasteiger partial charge >= 0.3 is 0 Å². The van der Waals surface area contributed by atoms with Gasteiger partial charge in [0.1, 0.15) is 0 Å². The molecule has 0 aliphatic carbocycles. The molecule has 0 radical (unpaired) electrons. The van der Waals surface area contributed by atoms with Crippen LogP contribution in [-0.2, 0) is 19.9 Å². The zero-order valence-electron chi connectivity index (χ0n) is 14.2. The molecule has 2 aromatic carbocycles. The Hall–Kier alpha value is -1.86. The van der Waals surface area contributed by atoms with E-state index in [1.165, 1.54) is 4.31 Å². The second-order valence-corrected chi connectivity index (χ2v) is 10.5. The first kappa shape index (κ1) is 17.9. The average molecular weight is 380 g/mol. The highest BCUT2D eigenvalue weighted by molar-refractivity contribution is 7.93. The second kappa shape index (κ2) is 6.46. The molecule has 1 heterocycles. The molecular formula is C18H21NO4S2.